The van der Waals surface area contributed by atoms with Crippen LogP contribution in [0.1, 0.15) is 18.0 Å². The lowest BCUT2D eigenvalue weighted by molar-refractivity contribution is -0.137. The van der Waals surface area contributed by atoms with E-state index in [1.807, 2.05) is 0 Å². The molecule has 1 atom stereocenters. The molecule has 0 radical (unpaired) electrons. The van der Waals surface area contributed by atoms with Crippen molar-refractivity contribution in [2.45, 2.75) is 12.5 Å². The van der Waals surface area contributed by atoms with Gasteiger partial charge in [-0.15, -0.1) is 0 Å². The smallest absolute Gasteiger partial charge is 0.305 e. The normalized spacial score (nSPS) is 12.8. The largest absolute Gasteiger partial charge is 0.481 e. The molecule has 0 aliphatic carbocycles. The van der Waals surface area contributed by atoms with Crippen molar-refractivity contribution in [1.29, 1.82) is 0 Å². The quantitative estimate of drug-likeness (QED) is 0.745. The van der Waals surface area contributed by atoms with Gasteiger partial charge >= 0.3 is 10.8 Å². The number of nitrogens with two attached hydrogens (primary N) is 1. The molecule has 2 aromatic rings. The molecule has 0 bridgehead atoms. The first kappa shape index (κ1) is 10.8. The maximum Gasteiger partial charge on any atom is 0.305 e. The van der Waals surface area contributed by atoms with Gasteiger partial charge in [-0.1, -0.05) is 17.4 Å². The number of rotatable bonds is 3. The third kappa shape index (κ3) is 2.12. The molecule has 84 valence electrons. The summed E-state index contributed by atoms with van der Waals surface area (Å²) < 4.78 is 0.844. The standard InChI is InChI=1S/C10H10N2O3S/c11-6(4-9(13)14)5-1-2-8-7(3-5)12-10(15)16-8/h1-3,6H,4,11H2,(H,12,15)(H,13,14). The highest BCUT2D eigenvalue weighted by Crippen LogP contribution is 2.20. The van der Waals surface area contributed by atoms with Crippen LogP contribution in [0.15, 0.2) is 23.0 Å². The Morgan fingerprint density at radius 1 is 1.56 bits per heavy atom. The van der Waals surface area contributed by atoms with Gasteiger partial charge in [-0.25, -0.2) is 0 Å². The average Bonchev–Trinajstić information content (AvgIpc) is 2.55. The molecule has 0 aliphatic rings. The number of nitrogens with one attached hydrogen (secondary N) is 1. The predicted octanol–water partition coefficient (Wildman–Crippen LogP) is 1.06. The van der Waals surface area contributed by atoms with Crippen molar-refractivity contribution < 1.29 is 9.90 Å². The highest BCUT2D eigenvalue weighted by atomic mass is 32.1. The molecular formula is C10H10N2O3S. The number of aromatic nitrogens is 1. The van der Waals surface area contributed by atoms with Crippen LogP contribution in [0.4, 0.5) is 0 Å². The third-order valence-electron chi connectivity index (χ3n) is 2.27. The maximum atomic E-state index is 11.1. The minimum atomic E-state index is -0.939. The van der Waals surface area contributed by atoms with Crippen molar-refractivity contribution in [2.24, 2.45) is 5.73 Å². The van der Waals surface area contributed by atoms with E-state index in [0.29, 0.717) is 11.1 Å². The molecule has 2 rings (SSSR count). The Kier molecular flexibility index (Phi) is 2.76. The SMILES string of the molecule is NC(CC(=O)O)c1ccc2sc(=O)[nH]c2c1. The molecule has 0 amide bonds. The van der Waals surface area contributed by atoms with Crippen LogP contribution in [0.3, 0.4) is 0 Å². The fourth-order valence-electron chi connectivity index (χ4n) is 1.51. The van der Waals surface area contributed by atoms with Crippen molar-refractivity contribution in [3.05, 3.63) is 33.4 Å². The second kappa shape index (κ2) is 4.07. The fraction of sp³-hybridized carbons (Fsp3) is 0.200. The number of carboxylic acid groups (broad SMARTS) is 1. The van der Waals surface area contributed by atoms with Gasteiger partial charge in [0, 0.05) is 6.04 Å². The monoisotopic (exact) mass is 238 g/mol. The average molecular weight is 238 g/mol. The summed E-state index contributed by atoms with van der Waals surface area (Å²) in [6, 6.07) is 4.69. The number of fused-ring (bicyclic) bond motifs is 1. The van der Waals surface area contributed by atoms with Crippen LogP contribution in [0.2, 0.25) is 0 Å². The molecule has 0 saturated carbocycles. The molecule has 1 aromatic carbocycles. The topological polar surface area (TPSA) is 96.2 Å². The number of benzene rings is 1. The zero-order chi connectivity index (χ0) is 11.7. The van der Waals surface area contributed by atoms with Crippen LogP contribution < -0.4 is 10.6 Å². The van der Waals surface area contributed by atoms with Crippen molar-refractivity contribution >= 4 is 27.5 Å². The lowest BCUT2D eigenvalue weighted by atomic mass is 10.0. The van der Waals surface area contributed by atoms with Crippen LogP contribution in [0.5, 0.6) is 0 Å². The van der Waals surface area contributed by atoms with Gasteiger partial charge in [0.2, 0.25) is 0 Å². The summed E-state index contributed by atoms with van der Waals surface area (Å²) in [5, 5.41) is 8.63. The lowest BCUT2D eigenvalue weighted by Gasteiger charge is -2.08. The molecule has 6 heteroatoms. The van der Waals surface area contributed by atoms with E-state index >= 15 is 0 Å². The molecular weight excluding hydrogens is 228 g/mol. The highest BCUT2D eigenvalue weighted by Gasteiger charge is 2.11. The number of hydrogen-bond acceptors (Lipinski definition) is 4. The van der Waals surface area contributed by atoms with E-state index in [-0.39, 0.29) is 11.3 Å². The number of carboxylic acids is 1. The Morgan fingerprint density at radius 3 is 3.00 bits per heavy atom. The molecule has 16 heavy (non-hydrogen) atoms. The van der Waals surface area contributed by atoms with Gasteiger partial charge in [0.05, 0.1) is 16.6 Å². The van der Waals surface area contributed by atoms with Crippen LogP contribution in [-0.4, -0.2) is 16.1 Å². The second-order valence-corrected chi connectivity index (χ2v) is 4.49. The Labute approximate surface area is 94.5 Å². The van der Waals surface area contributed by atoms with Crippen LogP contribution >= 0.6 is 11.3 Å². The van der Waals surface area contributed by atoms with E-state index in [1.54, 1.807) is 18.2 Å². The second-order valence-electron chi connectivity index (χ2n) is 3.47. The van der Waals surface area contributed by atoms with Gasteiger partial charge in [-0.3, -0.25) is 9.59 Å². The van der Waals surface area contributed by atoms with Crippen molar-refractivity contribution in [1.82, 2.24) is 4.98 Å². The van der Waals surface area contributed by atoms with Gasteiger partial charge in [-0.2, -0.15) is 0 Å². The summed E-state index contributed by atoms with van der Waals surface area (Å²) in [6.07, 6.45) is -0.125. The van der Waals surface area contributed by atoms with Crippen LogP contribution in [-0.2, 0) is 4.79 Å². The molecule has 0 spiro atoms. The van der Waals surface area contributed by atoms with Gasteiger partial charge in [0.1, 0.15) is 0 Å². The van der Waals surface area contributed by atoms with Crippen molar-refractivity contribution in [3.8, 4) is 0 Å². The van der Waals surface area contributed by atoms with Crippen LogP contribution in [0, 0.1) is 0 Å². The summed E-state index contributed by atoms with van der Waals surface area (Å²) in [7, 11) is 0. The summed E-state index contributed by atoms with van der Waals surface area (Å²) >= 11 is 1.12. The minimum Gasteiger partial charge on any atom is -0.481 e. The minimum absolute atomic E-state index is 0.125. The zero-order valence-corrected chi connectivity index (χ0v) is 9.08. The molecule has 1 aromatic heterocycles. The summed E-state index contributed by atoms with van der Waals surface area (Å²) in [4.78, 5) is 24.1. The maximum absolute atomic E-state index is 11.1. The van der Waals surface area contributed by atoms with E-state index in [9.17, 15) is 9.59 Å². The van der Waals surface area contributed by atoms with E-state index in [1.165, 1.54) is 0 Å². The summed E-state index contributed by atoms with van der Waals surface area (Å²) in [6.45, 7) is 0. The van der Waals surface area contributed by atoms with Gasteiger partial charge < -0.3 is 15.8 Å². The third-order valence-corrected chi connectivity index (χ3v) is 3.13. The van der Waals surface area contributed by atoms with Gasteiger partial charge in [-0.05, 0) is 17.7 Å². The Hall–Kier alpha value is -1.66. The van der Waals surface area contributed by atoms with Gasteiger partial charge in [0.25, 0.3) is 0 Å². The first-order valence-corrected chi connectivity index (χ1v) is 5.48. The first-order chi connectivity index (χ1) is 7.56. The van der Waals surface area contributed by atoms with E-state index in [2.05, 4.69) is 4.98 Å². The number of carbonyl (C=O) groups is 1. The number of aromatic amines is 1. The highest BCUT2D eigenvalue weighted by molar-refractivity contribution is 7.16. The number of hydrogen-bond donors (Lipinski definition) is 3. The lowest BCUT2D eigenvalue weighted by Crippen LogP contribution is -2.14. The Morgan fingerprint density at radius 2 is 2.31 bits per heavy atom. The van der Waals surface area contributed by atoms with E-state index < -0.39 is 12.0 Å². The Bertz CT molecular complexity index is 587. The predicted molar refractivity (Wildman–Crippen MR) is 61.6 cm³/mol. The van der Waals surface area contributed by atoms with E-state index in [4.69, 9.17) is 10.8 Å². The zero-order valence-electron chi connectivity index (χ0n) is 8.27. The molecule has 4 N–H and O–H groups in total. The molecule has 0 fully saturated rings. The summed E-state index contributed by atoms with van der Waals surface area (Å²) in [5.41, 5.74) is 7.14. The number of aliphatic carboxylic acids is 1. The molecule has 0 saturated heterocycles. The summed E-state index contributed by atoms with van der Waals surface area (Å²) in [5.74, 6) is -0.939. The Balaban J connectivity index is 2.38. The van der Waals surface area contributed by atoms with Gasteiger partial charge in [0.15, 0.2) is 0 Å². The number of H-pyrrole nitrogens is 1. The first-order valence-electron chi connectivity index (χ1n) is 4.66. The van der Waals surface area contributed by atoms with Crippen LogP contribution in [0.25, 0.3) is 10.2 Å². The molecule has 1 heterocycles. The van der Waals surface area contributed by atoms with Crippen molar-refractivity contribution in [2.75, 3.05) is 0 Å². The van der Waals surface area contributed by atoms with Crippen molar-refractivity contribution in [3.63, 3.8) is 0 Å². The fourth-order valence-corrected chi connectivity index (χ4v) is 2.22. The molecule has 1 unspecified atom stereocenters. The van der Waals surface area contributed by atoms with E-state index in [0.717, 1.165) is 16.0 Å². The number of thiazole rings is 1. The molecule has 5 nitrogen and oxygen atoms in total. The molecule has 0 aliphatic heterocycles.